The van der Waals surface area contributed by atoms with Gasteiger partial charge in [0.15, 0.2) is 0 Å². The highest BCUT2D eigenvalue weighted by molar-refractivity contribution is 6.28. The van der Waals surface area contributed by atoms with E-state index in [0.717, 1.165) is 5.56 Å². The highest BCUT2D eigenvalue weighted by Crippen LogP contribution is 2.22. The number of aromatic nitrogens is 2. The average molecular weight is 283 g/mol. The Morgan fingerprint density at radius 2 is 1.89 bits per heavy atom. The van der Waals surface area contributed by atoms with E-state index in [2.05, 4.69) is 9.97 Å². The van der Waals surface area contributed by atoms with Crippen molar-refractivity contribution >= 4 is 11.6 Å². The van der Waals surface area contributed by atoms with Gasteiger partial charge in [0.05, 0.1) is 12.3 Å². The van der Waals surface area contributed by atoms with Gasteiger partial charge in [-0.1, -0.05) is 0 Å². The van der Waals surface area contributed by atoms with Crippen molar-refractivity contribution in [3.8, 4) is 17.1 Å². The van der Waals surface area contributed by atoms with Crippen LogP contribution < -0.4 is 4.74 Å². The summed E-state index contributed by atoms with van der Waals surface area (Å²) in [4.78, 5) is 8.03. The van der Waals surface area contributed by atoms with Crippen LogP contribution in [-0.4, -0.2) is 30.3 Å². The number of benzene rings is 1. The van der Waals surface area contributed by atoms with Gasteiger partial charge >= 0.3 is 0 Å². The minimum absolute atomic E-state index is 0.0780. The summed E-state index contributed by atoms with van der Waals surface area (Å²) in [5, 5.41) is 0.0780. The summed E-state index contributed by atoms with van der Waals surface area (Å²) in [6.45, 7) is 0.820. The molecule has 2 rings (SSSR count). The maximum absolute atomic E-state index is 12.9. The molecule has 19 heavy (non-hydrogen) atoms. The van der Waals surface area contributed by atoms with E-state index in [1.165, 1.54) is 12.1 Å². The van der Waals surface area contributed by atoms with Crippen LogP contribution in [0.25, 0.3) is 11.3 Å². The highest BCUT2D eigenvalue weighted by Gasteiger charge is 2.06. The van der Waals surface area contributed by atoms with Gasteiger partial charge in [0.25, 0.3) is 0 Å². The van der Waals surface area contributed by atoms with Gasteiger partial charge in [-0.15, -0.1) is 0 Å². The zero-order chi connectivity index (χ0) is 13.7. The molecule has 0 fully saturated rings. The van der Waals surface area contributed by atoms with Crippen molar-refractivity contribution in [3.63, 3.8) is 0 Å². The number of halogens is 2. The number of ether oxygens (including phenoxy) is 2. The zero-order valence-electron chi connectivity index (χ0n) is 10.3. The van der Waals surface area contributed by atoms with Crippen LogP contribution in [0.4, 0.5) is 4.39 Å². The molecule has 0 saturated heterocycles. The van der Waals surface area contributed by atoms with Crippen LogP contribution in [0.5, 0.6) is 5.88 Å². The molecule has 0 radical (unpaired) electrons. The molecule has 0 saturated carbocycles. The van der Waals surface area contributed by atoms with Crippen LogP contribution in [0.3, 0.4) is 0 Å². The summed E-state index contributed by atoms with van der Waals surface area (Å²) in [5.74, 6) is 0.0526. The predicted molar refractivity (Wildman–Crippen MR) is 69.8 cm³/mol. The number of rotatable bonds is 5. The van der Waals surface area contributed by atoms with Crippen molar-refractivity contribution in [1.29, 1.82) is 0 Å². The van der Waals surface area contributed by atoms with Crippen molar-refractivity contribution in [2.24, 2.45) is 0 Å². The van der Waals surface area contributed by atoms with Crippen molar-refractivity contribution in [3.05, 3.63) is 41.4 Å². The van der Waals surface area contributed by atoms with E-state index in [9.17, 15) is 4.39 Å². The lowest BCUT2D eigenvalue weighted by molar-refractivity contribution is 0.143. The van der Waals surface area contributed by atoms with E-state index in [4.69, 9.17) is 21.1 Å². The molecule has 1 heterocycles. The van der Waals surface area contributed by atoms with Gasteiger partial charge in [0.2, 0.25) is 11.2 Å². The smallest absolute Gasteiger partial charge is 0.226 e. The van der Waals surface area contributed by atoms with Gasteiger partial charge in [-0.2, -0.15) is 4.98 Å². The Bertz CT molecular complexity index is 549. The molecule has 0 unspecified atom stereocenters. The molecule has 0 atom stereocenters. The van der Waals surface area contributed by atoms with Crippen LogP contribution >= 0.6 is 11.6 Å². The Balaban J connectivity index is 2.23. The lowest BCUT2D eigenvalue weighted by atomic mass is 10.1. The molecule has 6 heteroatoms. The third-order valence-corrected chi connectivity index (χ3v) is 2.52. The summed E-state index contributed by atoms with van der Waals surface area (Å²) >= 11 is 5.84. The van der Waals surface area contributed by atoms with E-state index < -0.39 is 0 Å². The fourth-order valence-electron chi connectivity index (χ4n) is 1.47. The third kappa shape index (κ3) is 3.87. The Labute approximate surface area is 115 Å². The maximum atomic E-state index is 12.9. The predicted octanol–water partition coefficient (Wildman–Crippen LogP) is 2.96. The summed E-state index contributed by atoms with van der Waals surface area (Å²) < 4.78 is 23.1. The number of methoxy groups -OCH3 is 1. The van der Waals surface area contributed by atoms with Gasteiger partial charge in [0, 0.05) is 18.7 Å². The summed E-state index contributed by atoms with van der Waals surface area (Å²) in [6.07, 6.45) is 0. The molecule has 4 nitrogen and oxygen atoms in total. The molecule has 0 aliphatic carbocycles. The molecule has 1 aromatic heterocycles. The second-order valence-electron chi connectivity index (χ2n) is 3.71. The topological polar surface area (TPSA) is 44.2 Å². The normalized spacial score (nSPS) is 10.5. The quantitative estimate of drug-likeness (QED) is 0.625. The van der Waals surface area contributed by atoms with Gasteiger partial charge in [-0.25, -0.2) is 9.37 Å². The molecule has 0 aliphatic heterocycles. The number of hydrogen-bond acceptors (Lipinski definition) is 4. The van der Waals surface area contributed by atoms with Gasteiger partial charge in [-0.3, -0.25) is 0 Å². The Kier molecular flexibility index (Phi) is 4.65. The SMILES string of the molecule is COCCOc1cc(-c2ccc(F)cc2)nc(Cl)n1. The average Bonchev–Trinajstić information content (AvgIpc) is 2.39. The highest BCUT2D eigenvalue weighted by atomic mass is 35.5. The molecule has 0 bridgehead atoms. The molecule has 0 spiro atoms. The Hall–Kier alpha value is -1.72. The standard InChI is InChI=1S/C13H12ClFN2O2/c1-18-6-7-19-12-8-11(16-13(14)17-12)9-2-4-10(15)5-3-9/h2-5,8H,6-7H2,1H3. The molecule has 0 amide bonds. The fraction of sp³-hybridized carbons (Fsp3) is 0.231. The minimum Gasteiger partial charge on any atom is -0.475 e. The molecule has 2 aromatic rings. The molecule has 1 aromatic carbocycles. The first-order valence-electron chi connectivity index (χ1n) is 5.61. The molecule has 0 aliphatic rings. The van der Waals surface area contributed by atoms with Crippen LogP contribution in [0.15, 0.2) is 30.3 Å². The van der Waals surface area contributed by atoms with Crippen LogP contribution in [0.2, 0.25) is 5.28 Å². The number of hydrogen-bond donors (Lipinski definition) is 0. The van der Waals surface area contributed by atoms with Crippen LogP contribution in [-0.2, 0) is 4.74 Å². The molecule has 0 N–H and O–H groups in total. The first-order valence-corrected chi connectivity index (χ1v) is 5.99. The third-order valence-electron chi connectivity index (χ3n) is 2.35. The first kappa shape index (κ1) is 13.7. The van der Waals surface area contributed by atoms with E-state index in [0.29, 0.717) is 24.8 Å². The van der Waals surface area contributed by atoms with Gasteiger partial charge < -0.3 is 9.47 Å². The molecule has 100 valence electrons. The van der Waals surface area contributed by atoms with E-state index in [1.807, 2.05) is 0 Å². The molecular weight excluding hydrogens is 271 g/mol. The minimum atomic E-state index is -0.305. The zero-order valence-corrected chi connectivity index (χ0v) is 11.0. The largest absolute Gasteiger partial charge is 0.475 e. The molecular formula is C13H12ClFN2O2. The Morgan fingerprint density at radius 1 is 1.16 bits per heavy atom. The number of nitrogens with zero attached hydrogens (tertiary/aromatic N) is 2. The second-order valence-corrected chi connectivity index (χ2v) is 4.05. The lowest BCUT2D eigenvalue weighted by Crippen LogP contribution is -2.06. The summed E-state index contributed by atoms with van der Waals surface area (Å²) in [6, 6.07) is 7.60. The second kappa shape index (κ2) is 6.45. The monoisotopic (exact) mass is 282 g/mol. The van der Waals surface area contributed by atoms with Crippen molar-refractivity contribution in [2.45, 2.75) is 0 Å². The van der Waals surface area contributed by atoms with Crippen LogP contribution in [0.1, 0.15) is 0 Å². The first-order chi connectivity index (χ1) is 9.19. The van der Waals surface area contributed by atoms with Crippen molar-refractivity contribution < 1.29 is 13.9 Å². The van der Waals surface area contributed by atoms with Crippen LogP contribution in [0, 0.1) is 5.82 Å². The maximum Gasteiger partial charge on any atom is 0.226 e. The van der Waals surface area contributed by atoms with Gasteiger partial charge in [-0.05, 0) is 35.9 Å². The Morgan fingerprint density at radius 3 is 2.58 bits per heavy atom. The summed E-state index contributed by atoms with van der Waals surface area (Å²) in [5.41, 5.74) is 1.31. The van der Waals surface area contributed by atoms with Gasteiger partial charge in [0.1, 0.15) is 12.4 Å². The lowest BCUT2D eigenvalue weighted by Gasteiger charge is -2.07. The van der Waals surface area contributed by atoms with E-state index >= 15 is 0 Å². The van der Waals surface area contributed by atoms with E-state index in [-0.39, 0.29) is 11.1 Å². The van der Waals surface area contributed by atoms with Crippen molar-refractivity contribution in [2.75, 3.05) is 20.3 Å². The van der Waals surface area contributed by atoms with Crippen molar-refractivity contribution in [1.82, 2.24) is 9.97 Å². The summed E-state index contributed by atoms with van der Waals surface area (Å²) in [7, 11) is 1.58. The fourth-order valence-corrected chi connectivity index (χ4v) is 1.64. The van der Waals surface area contributed by atoms with E-state index in [1.54, 1.807) is 25.3 Å².